The Morgan fingerprint density at radius 2 is 1.13 bits per heavy atom. The zero-order valence-corrected chi connectivity index (χ0v) is 15.7. The van der Waals surface area contributed by atoms with E-state index in [1.54, 1.807) is 54.6 Å². The molecule has 0 saturated heterocycles. The summed E-state index contributed by atoms with van der Waals surface area (Å²) in [6.07, 6.45) is 2.96. The molecule has 4 rings (SSSR count). The Hall–Kier alpha value is -4.20. The van der Waals surface area contributed by atoms with Crippen molar-refractivity contribution in [2.75, 3.05) is 11.5 Å². The lowest BCUT2D eigenvalue weighted by molar-refractivity contribution is 0.441. The van der Waals surface area contributed by atoms with Gasteiger partial charge in [-0.3, -0.25) is 0 Å². The third-order valence-electron chi connectivity index (χ3n) is 3.63. The van der Waals surface area contributed by atoms with Gasteiger partial charge in [0.1, 0.15) is 34.7 Å². The molecule has 8 heteroatoms. The Morgan fingerprint density at radius 1 is 0.600 bits per heavy atom. The number of hydrogen-bond donors (Lipinski definition) is 2. The zero-order chi connectivity index (χ0) is 21.3. The summed E-state index contributed by atoms with van der Waals surface area (Å²) in [5, 5.41) is 0. The fourth-order valence-corrected chi connectivity index (χ4v) is 2.20. The smallest absolute Gasteiger partial charge is 0.165 e. The first-order chi connectivity index (χ1) is 14.5. The van der Waals surface area contributed by atoms with E-state index in [1.807, 2.05) is 0 Å². The lowest BCUT2D eigenvalue weighted by Gasteiger charge is -2.05. The topological polar surface area (TPSA) is 96.3 Å². The molecule has 0 radical (unpaired) electrons. The van der Waals surface area contributed by atoms with Crippen LogP contribution in [-0.4, -0.2) is 9.97 Å². The molecule has 4 N–H and O–H groups in total. The summed E-state index contributed by atoms with van der Waals surface area (Å²) < 4.78 is 36.5. The molecule has 0 saturated carbocycles. The van der Waals surface area contributed by atoms with E-state index in [4.69, 9.17) is 20.9 Å². The second kappa shape index (κ2) is 9.83. The number of nitrogen functional groups attached to an aromatic ring is 2. The van der Waals surface area contributed by atoms with Gasteiger partial charge in [0.25, 0.3) is 0 Å². The average Bonchev–Trinajstić information content (AvgIpc) is 2.75. The van der Waals surface area contributed by atoms with Crippen molar-refractivity contribution in [3.05, 3.63) is 96.8 Å². The molecule has 30 heavy (non-hydrogen) atoms. The molecule has 152 valence electrons. The molecule has 0 aliphatic heterocycles. The van der Waals surface area contributed by atoms with E-state index < -0.39 is 5.82 Å². The van der Waals surface area contributed by atoms with Crippen LogP contribution in [0.4, 0.5) is 20.4 Å². The standard InChI is InChI=1S/2C11H9FN2O/c12-8-1-3-9(4-2-8)15-10-5-6-11(13)14-7-10;12-9-3-1-2-4-10(9)15-8-5-6-11(13)14-7-8/h2*1-7H,(H2,13,14). The van der Waals surface area contributed by atoms with Crippen molar-refractivity contribution in [2.45, 2.75) is 0 Å². The zero-order valence-electron chi connectivity index (χ0n) is 15.7. The summed E-state index contributed by atoms with van der Waals surface area (Å²) in [6.45, 7) is 0. The van der Waals surface area contributed by atoms with E-state index in [0.717, 1.165) is 0 Å². The molecule has 0 bridgehead atoms. The van der Waals surface area contributed by atoms with Crippen LogP contribution < -0.4 is 20.9 Å². The van der Waals surface area contributed by atoms with Gasteiger partial charge >= 0.3 is 0 Å². The van der Waals surface area contributed by atoms with E-state index in [-0.39, 0.29) is 11.6 Å². The van der Waals surface area contributed by atoms with Crippen molar-refractivity contribution in [3.63, 3.8) is 0 Å². The summed E-state index contributed by atoms with van der Waals surface area (Å²) in [5.74, 6) is 1.88. The van der Waals surface area contributed by atoms with Crippen LogP contribution in [0, 0.1) is 11.6 Å². The molecule has 2 aromatic heterocycles. The number of aromatic nitrogens is 2. The normalized spacial score (nSPS) is 9.93. The second-order valence-electron chi connectivity index (χ2n) is 5.93. The van der Waals surface area contributed by atoms with Crippen molar-refractivity contribution in [1.82, 2.24) is 9.97 Å². The van der Waals surface area contributed by atoms with Gasteiger partial charge in [0.15, 0.2) is 11.6 Å². The van der Waals surface area contributed by atoms with Crippen molar-refractivity contribution < 1.29 is 18.3 Å². The van der Waals surface area contributed by atoms with E-state index in [0.29, 0.717) is 28.9 Å². The van der Waals surface area contributed by atoms with Crippen LogP contribution in [0.1, 0.15) is 0 Å². The predicted octanol–water partition coefficient (Wildman–Crippen LogP) is 5.19. The molecule has 2 aromatic carbocycles. The van der Waals surface area contributed by atoms with Crippen LogP contribution in [0.5, 0.6) is 23.0 Å². The summed E-state index contributed by atoms with van der Waals surface area (Å²) in [6, 6.07) is 18.5. The number of halogens is 2. The molecule has 0 aliphatic rings. The predicted molar refractivity (Wildman–Crippen MR) is 110 cm³/mol. The molecule has 0 spiro atoms. The molecule has 6 nitrogen and oxygen atoms in total. The van der Waals surface area contributed by atoms with Gasteiger partial charge < -0.3 is 20.9 Å². The largest absolute Gasteiger partial charge is 0.456 e. The highest BCUT2D eigenvalue weighted by Crippen LogP contribution is 2.23. The Balaban J connectivity index is 0.000000171. The Bertz CT molecular complexity index is 1030. The molecule has 4 aromatic rings. The number of pyridine rings is 2. The van der Waals surface area contributed by atoms with Crippen molar-refractivity contribution in [2.24, 2.45) is 0 Å². The minimum Gasteiger partial charge on any atom is -0.456 e. The molecule has 0 aliphatic carbocycles. The third kappa shape index (κ3) is 6.16. The van der Waals surface area contributed by atoms with Crippen molar-refractivity contribution >= 4 is 11.6 Å². The number of nitrogens with two attached hydrogens (primary N) is 2. The van der Waals surface area contributed by atoms with Crippen molar-refractivity contribution in [3.8, 4) is 23.0 Å². The fraction of sp³-hybridized carbons (Fsp3) is 0. The maximum Gasteiger partial charge on any atom is 0.165 e. The minimum absolute atomic E-state index is 0.170. The maximum absolute atomic E-state index is 13.2. The number of rotatable bonds is 4. The fourth-order valence-electron chi connectivity index (χ4n) is 2.20. The summed E-state index contributed by atoms with van der Waals surface area (Å²) in [7, 11) is 0. The van der Waals surface area contributed by atoms with Gasteiger partial charge in [0.2, 0.25) is 0 Å². The van der Waals surface area contributed by atoms with Gasteiger partial charge in [-0.2, -0.15) is 0 Å². The third-order valence-corrected chi connectivity index (χ3v) is 3.63. The van der Waals surface area contributed by atoms with Crippen LogP contribution in [0.3, 0.4) is 0 Å². The molecule has 2 heterocycles. The van der Waals surface area contributed by atoms with Crippen LogP contribution >= 0.6 is 0 Å². The van der Waals surface area contributed by atoms with Crippen LogP contribution in [0.25, 0.3) is 0 Å². The first kappa shape index (κ1) is 20.5. The molecule has 0 amide bonds. The maximum atomic E-state index is 13.2. The highest BCUT2D eigenvalue weighted by molar-refractivity contribution is 5.36. The van der Waals surface area contributed by atoms with Gasteiger partial charge in [0.05, 0.1) is 12.4 Å². The Morgan fingerprint density at radius 3 is 1.67 bits per heavy atom. The first-order valence-corrected chi connectivity index (χ1v) is 8.78. The van der Waals surface area contributed by atoms with Crippen LogP contribution in [0.2, 0.25) is 0 Å². The Labute approximate surface area is 171 Å². The van der Waals surface area contributed by atoms with Gasteiger partial charge in [-0.15, -0.1) is 0 Å². The number of hydrogen-bond acceptors (Lipinski definition) is 6. The molecule has 0 fully saturated rings. The van der Waals surface area contributed by atoms with Gasteiger partial charge in [-0.1, -0.05) is 12.1 Å². The van der Waals surface area contributed by atoms with Crippen LogP contribution in [0.15, 0.2) is 85.2 Å². The highest BCUT2D eigenvalue weighted by atomic mass is 19.1. The van der Waals surface area contributed by atoms with E-state index in [9.17, 15) is 8.78 Å². The first-order valence-electron chi connectivity index (χ1n) is 8.78. The van der Waals surface area contributed by atoms with Gasteiger partial charge in [-0.25, -0.2) is 18.7 Å². The lowest BCUT2D eigenvalue weighted by Crippen LogP contribution is -1.91. The van der Waals surface area contributed by atoms with Crippen LogP contribution in [-0.2, 0) is 0 Å². The monoisotopic (exact) mass is 408 g/mol. The summed E-state index contributed by atoms with van der Waals surface area (Å²) in [5.41, 5.74) is 10.8. The number of benzene rings is 2. The average molecular weight is 408 g/mol. The lowest BCUT2D eigenvalue weighted by atomic mass is 10.3. The number of ether oxygens (including phenoxy) is 2. The minimum atomic E-state index is -0.408. The second-order valence-corrected chi connectivity index (χ2v) is 5.93. The van der Waals surface area contributed by atoms with E-state index >= 15 is 0 Å². The quantitative estimate of drug-likeness (QED) is 0.482. The highest BCUT2D eigenvalue weighted by Gasteiger charge is 2.03. The van der Waals surface area contributed by atoms with Crippen molar-refractivity contribution in [1.29, 1.82) is 0 Å². The van der Waals surface area contributed by atoms with E-state index in [2.05, 4.69) is 9.97 Å². The van der Waals surface area contributed by atoms with Gasteiger partial charge in [0, 0.05) is 0 Å². The number of nitrogens with zero attached hydrogens (tertiary/aromatic N) is 2. The number of anilines is 2. The van der Waals surface area contributed by atoms with Gasteiger partial charge in [-0.05, 0) is 60.7 Å². The summed E-state index contributed by atoms with van der Waals surface area (Å²) in [4.78, 5) is 7.71. The molecule has 0 atom stereocenters. The molecule has 0 unspecified atom stereocenters. The Kier molecular flexibility index (Phi) is 6.73. The summed E-state index contributed by atoms with van der Waals surface area (Å²) >= 11 is 0. The molecular weight excluding hydrogens is 390 g/mol. The van der Waals surface area contributed by atoms with E-state index in [1.165, 1.54) is 30.6 Å². The molecular formula is C22H18F2N4O2. The number of para-hydroxylation sites is 1. The SMILES string of the molecule is Nc1ccc(Oc2ccc(F)cc2)cn1.Nc1ccc(Oc2ccccc2F)cn1.